The molecule has 1 aliphatic heterocycles. The first kappa shape index (κ1) is 17.0. The largest absolute Gasteiger partial charge is 0.393 e. The number of benzene rings is 1. The van der Waals surface area contributed by atoms with Gasteiger partial charge in [0.15, 0.2) is 0 Å². The highest BCUT2D eigenvalue weighted by Gasteiger charge is 2.39. The van der Waals surface area contributed by atoms with Crippen LogP contribution in [0.4, 0.5) is 5.69 Å². The number of hydrogen-bond acceptors (Lipinski definition) is 3. The number of nitrogens with one attached hydrogen (secondary N) is 1. The molecule has 1 aliphatic carbocycles. The monoisotopic (exact) mass is 330 g/mol. The van der Waals surface area contributed by atoms with E-state index in [0.717, 1.165) is 25.8 Å². The molecule has 0 spiro atoms. The van der Waals surface area contributed by atoms with Gasteiger partial charge in [0, 0.05) is 29.8 Å². The zero-order valence-corrected chi connectivity index (χ0v) is 14.4. The number of rotatable bonds is 5. The van der Waals surface area contributed by atoms with E-state index in [1.165, 1.54) is 0 Å². The third-order valence-electron chi connectivity index (χ3n) is 5.07. The second-order valence-corrected chi connectivity index (χ2v) is 7.27. The molecule has 1 aromatic rings. The van der Waals surface area contributed by atoms with Crippen LogP contribution in [0.1, 0.15) is 49.9 Å². The average molecular weight is 330 g/mol. The first-order valence-corrected chi connectivity index (χ1v) is 8.85. The van der Waals surface area contributed by atoms with Gasteiger partial charge in [-0.05, 0) is 56.7 Å². The van der Waals surface area contributed by atoms with Gasteiger partial charge in [0.05, 0.1) is 6.10 Å². The molecule has 5 nitrogen and oxygen atoms in total. The van der Waals surface area contributed by atoms with Gasteiger partial charge in [-0.25, -0.2) is 0 Å². The molecule has 2 aliphatic rings. The smallest absolute Gasteiger partial charge is 0.254 e. The Labute approximate surface area is 143 Å². The molecule has 2 N–H and O–H groups in total. The lowest BCUT2D eigenvalue weighted by Crippen LogP contribution is -2.37. The summed E-state index contributed by atoms with van der Waals surface area (Å²) in [6.45, 7) is 4.56. The molecule has 1 saturated heterocycles. The van der Waals surface area contributed by atoms with Gasteiger partial charge in [0.2, 0.25) is 5.91 Å². The van der Waals surface area contributed by atoms with Crippen molar-refractivity contribution in [1.82, 2.24) is 4.90 Å². The number of carbonyl (C=O) groups is 2. The molecule has 24 heavy (non-hydrogen) atoms. The lowest BCUT2D eigenvalue weighted by Gasteiger charge is -2.26. The average Bonchev–Trinajstić information content (AvgIpc) is 3.10. The first-order chi connectivity index (χ1) is 11.5. The maximum atomic E-state index is 12.8. The van der Waals surface area contributed by atoms with Gasteiger partial charge in [-0.3, -0.25) is 9.59 Å². The highest BCUT2D eigenvalue weighted by atomic mass is 16.3. The van der Waals surface area contributed by atoms with Crippen molar-refractivity contribution in [2.24, 2.45) is 11.8 Å². The number of anilines is 1. The van der Waals surface area contributed by atoms with Crippen LogP contribution in [0.5, 0.6) is 0 Å². The summed E-state index contributed by atoms with van der Waals surface area (Å²) in [6.07, 6.45) is 3.06. The van der Waals surface area contributed by atoms with Crippen LogP contribution in [-0.4, -0.2) is 40.5 Å². The number of amides is 2. The number of nitrogens with zero attached hydrogens (tertiary/aromatic N) is 1. The van der Waals surface area contributed by atoms with E-state index in [9.17, 15) is 14.7 Å². The molecule has 2 amide bonds. The van der Waals surface area contributed by atoms with E-state index in [-0.39, 0.29) is 23.8 Å². The second kappa shape index (κ2) is 6.93. The predicted molar refractivity (Wildman–Crippen MR) is 92.7 cm³/mol. The molecule has 4 unspecified atom stereocenters. The summed E-state index contributed by atoms with van der Waals surface area (Å²) in [5, 5.41) is 12.5. The van der Waals surface area contributed by atoms with Gasteiger partial charge in [-0.15, -0.1) is 0 Å². The molecular formula is C19H26N2O3. The molecular weight excluding hydrogens is 304 g/mol. The van der Waals surface area contributed by atoms with Gasteiger partial charge >= 0.3 is 0 Å². The Bertz CT molecular complexity index is 629. The van der Waals surface area contributed by atoms with Gasteiger partial charge in [0.1, 0.15) is 0 Å². The van der Waals surface area contributed by atoms with Crippen molar-refractivity contribution in [3.05, 3.63) is 29.8 Å². The molecule has 2 fully saturated rings. The van der Waals surface area contributed by atoms with E-state index in [4.69, 9.17) is 0 Å². The number of aliphatic hydroxyl groups is 1. The Hall–Kier alpha value is -1.88. The van der Waals surface area contributed by atoms with Crippen LogP contribution in [0.25, 0.3) is 0 Å². The van der Waals surface area contributed by atoms with Crippen LogP contribution in [0.2, 0.25) is 0 Å². The number of likely N-dealkylation sites (tertiary alicyclic amines) is 1. The summed E-state index contributed by atoms with van der Waals surface area (Å²) in [6, 6.07) is 7.27. The van der Waals surface area contributed by atoms with Gasteiger partial charge < -0.3 is 15.3 Å². The Morgan fingerprint density at radius 1 is 1.42 bits per heavy atom. The van der Waals surface area contributed by atoms with Crippen molar-refractivity contribution < 1.29 is 14.7 Å². The summed E-state index contributed by atoms with van der Waals surface area (Å²) in [4.78, 5) is 26.7. The standard InChI is InChI=1S/C19H26N2O3/c1-12-9-17(12)18(23)20-15-6-3-5-14(11-15)19(24)21-8-4-7-16(21)10-13(2)22/h3,5-6,11-13,16-17,22H,4,7-10H2,1-2H3,(H,20,23). The summed E-state index contributed by atoms with van der Waals surface area (Å²) in [7, 11) is 0. The number of carbonyl (C=O) groups excluding carboxylic acids is 2. The summed E-state index contributed by atoms with van der Waals surface area (Å²) in [5.74, 6) is 0.591. The Kier molecular flexibility index (Phi) is 4.90. The normalized spacial score (nSPS) is 27.0. The SMILES string of the molecule is CC(O)CC1CCCN1C(=O)c1cccc(NC(=O)C2CC2C)c1. The van der Waals surface area contributed by atoms with Gasteiger partial charge in [-0.2, -0.15) is 0 Å². The Morgan fingerprint density at radius 3 is 2.83 bits per heavy atom. The predicted octanol–water partition coefficient (Wildman–Crippen LogP) is 2.66. The van der Waals surface area contributed by atoms with Crippen LogP contribution in [0.15, 0.2) is 24.3 Å². The molecule has 0 aromatic heterocycles. The number of aliphatic hydroxyl groups excluding tert-OH is 1. The minimum absolute atomic E-state index is 0.0194. The summed E-state index contributed by atoms with van der Waals surface area (Å²) < 4.78 is 0. The van der Waals surface area contributed by atoms with E-state index in [1.54, 1.807) is 25.1 Å². The molecule has 1 saturated carbocycles. The molecule has 1 heterocycles. The minimum Gasteiger partial charge on any atom is -0.393 e. The minimum atomic E-state index is -0.408. The fourth-order valence-corrected chi connectivity index (χ4v) is 3.56. The second-order valence-electron chi connectivity index (χ2n) is 7.27. The van der Waals surface area contributed by atoms with Crippen molar-refractivity contribution in [1.29, 1.82) is 0 Å². The lowest BCUT2D eigenvalue weighted by atomic mass is 10.1. The van der Waals surface area contributed by atoms with E-state index in [1.807, 2.05) is 11.0 Å². The molecule has 5 heteroatoms. The van der Waals surface area contributed by atoms with Crippen LogP contribution in [0.3, 0.4) is 0 Å². The third-order valence-corrected chi connectivity index (χ3v) is 5.07. The molecule has 1 aromatic carbocycles. The van der Waals surface area contributed by atoms with E-state index in [2.05, 4.69) is 12.2 Å². The summed E-state index contributed by atoms with van der Waals surface area (Å²) in [5.41, 5.74) is 1.27. The van der Waals surface area contributed by atoms with Crippen molar-refractivity contribution in [3.63, 3.8) is 0 Å². The molecule has 130 valence electrons. The fraction of sp³-hybridized carbons (Fsp3) is 0.579. The maximum Gasteiger partial charge on any atom is 0.254 e. The highest BCUT2D eigenvalue weighted by Crippen LogP contribution is 2.38. The maximum absolute atomic E-state index is 12.8. The lowest BCUT2D eigenvalue weighted by molar-refractivity contribution is -0.117. The zero-order chi connectivity index (χ0) is 17.3. The topological polar surface area (TPSA) is 69.6 Å². The third kappa shape index (κ3) is 3.78. The van der Waals surface area contributed by atoms with Crippen molar-refractivity contribution >= 4 is 17.5 Å². The van der Waals surface area contributed by atoms with E-state index in [0.29, 0.717) is 23.6 Å². The first-order valence-electron chi connectivity index (χ1n) is 8.85. The molecule has 4 atom stereocenters. The summed E-state index contributed by atoms with van der Waals surface area (Å²) >= 11 is 0. The van der Waals surface area contributed by atoms with E-state index >= 15 is 0 Å². The van der Waals surface area contributed by atoms with E-state index < -0.39 is 6.10 Å². The highest BCUT2D eigenvalue weighted by molar-refractivity contribution is 5.98. The number of hydrogen-bond donors (Lipinski definition) is 2. The van der Waals surface area contributed by atoms with Gasteiger partial charge in [0.25, 0.3) is 5.91 Å². The van der Waals surface area contributed by atoms with Crippen LogP contribution < -0.4 is 5.32 Å². The van der Waals surface area contributed by atoms with Crippen LogP contribution >= 0.6 is 0 Å². The molecule has 3 rings (SSSR count). The quantitative estimate of drug-likeness (QED) is 0.872. The molecule has 0 radical (unpaired) electrons. The Morgan fingerprint density at radius 2 is 2.17 bits per heavy atom. The van der Waals surface area contributed by atoms with Crippen LogP contribution in [0, 0.1) is 11.8 Å². The van der Waals surface area contributed by atoms with Crippen molar-refractivity contribution in [2.75, 3.05) is 11.9 Å². The van der Waals surface area contributed by atoms with Crippen molar-refractivity contribution in [2.45, 2.75) is 51.7 Å². The fourth-order valence-electron chi connectivity index (χ4n) is 3.56. The Balaban J connectivity index is 1.68. The van der Waals surface area contributed by atoms with Crippen LogP contribution in [-0.2, 0) is 4.79 Å². The van der Waals surface area contributed by atoms with Crippen molar-refractivity contribution in [3.8, 4) is 0 Å². The molecule has 0 bridgehead atoms. The zero-order valence-electron chi connectivity index (χ0n) is 14.4. The van der Waals surface area contributed by atoms with Gasteiger partial charge in [-0.1, -0.05) is 13.0 Å².